The molecule has 0 atom stereocenters. The molecule has 2 heterocycles. The third-order valence-electron chi connectivity index (χ3n) is 2.48. The fourth-order valence-electron chi connectivity index (χ4n) is 1.63. The summed E-state index contributed by atoms with van der Waals surface area (Å²) in [5.41, 5.74) is 1.66. The maximum Gasteiger partial charge on any atom is 0.199 e. The minimum absolute atomic E-state index is 0.334. The zero-order valence-electron chi connectivity index (χ0n) is 9.51. The number of hydrogen-bond donors (Lipinski definition) is 1. The Labute approximate surface area is 122 Å². The minimum Gasteiger partial charge on any atom is -0.257 e. The highest BCUT2D eigenvalue weighted by molar-refractivity contribution is 9.10. The van der Waals surface area contributed by atoms with Crippen LogP contribution in [0.5, 0.6) is 0 Å². The molecule has 0 aliphatic heterocycles. The van der Waals surface area contributed by atoms with E-state index in [1.165, 1.54) is 6.33 Å². The summed E-state index contributed by atoms with van der Waals surface area (Å²) in [7, 11) is 0. The van der Waals surface area contributed by atoms with Crippen LogP contribution in [0.3, 0.4) is 0 Å². The van der Waals surface area contributed by atoms with Crippen molar-refractivity contribution >= 4 is 27.5 Å². The van der Waals surface area contributed by atoms with Crippen molar-refractivity contribution in [3.05, 3.63) is 46.3 Å². The predicted molar refractivity (Wildman–Crippen MR) is 75.6 cm³/mol. The van der Waals surface area contributed by atoms with Crippen LogP contribution in [-0.2, 0) is 0 Å². The predicted octanol–water partition coefficient (Wildman–Crippen LogP) is 3.34. The molecule has 3 rings (SSSR count). The number of halogens is 2. The van der Waals surface area contributed by atoms with Crippen LogP contribution < -0.4 is 0 Å². The second kappa shape index (κ2) is 5.07. The molecule has 1 N–H and O–H groups in total. The van der Waals surface area contributed by atoms with Crippen molar-refractivity contribution in [3.63, 3.8) is 0 Å². The molecule has 0 aliphatic rings. The summed E-state index contributed by atoms with van der Waals surface area (Å²) in [6, 6.07) is 9.72. The molecule has 94 valence electrons. The van der Waals surface area contributed by atoms with E-state index < -0.39 is 0 Å². The number of H-pyrrole nitrogens is 1. The van der Waals surface area contributed by atoms with Gasteiger partial charge in [-0.3, -0.25) is 5.10 Å². The molecule has 0 saturated carbocycles. The van der Waals surface area contributed by atoms with E-state index in [-0.39, 0.29) is 0 Å². The van der Waals surface area contributed by atoms with Gasteiger partial charge in [-0.05, 0) is 15.9 Å². The van der Waals surface area contributed by atoms with E-state index in [2.05, 4.69) is 41.1 Å². The summed E-state index contributed by atoms with van der Waals surface area (Å²) >= 11 is 9.54. The second-order valence-electron chi connectivity index (χ2n) is 3.70. The van der Waals surface area contributed by atoms with Crippen molar-refractivity contribution in [3.8, 4) is 22.9 Å². The third kappa shape index (κ3) is 2.36. The maximum atomic E-state index is 6.13. The fraction of sp³-hybridized carbons (Fsp3) is 0. The van der Waals surface area contributed by atoms with Crippen LogP contribution in [0, 0.1) is 0 Å². The molecule has 1 aromatic carbocycles. The summed E-state index contributed by atoms with van der Waals surface area (Å²) in [4.78, 5) is 12.7. The number of rotatable bonds is 2. The van der Waals surface area contributed by atoms with Gasteiger partial charge in [0.1, 0.15) is 11.5 Å². The lowest BCUT2D eigenvalue weighted by Gasteiger charge is -2.06. The molecule has 0 spiro atoms. The zero-order valence-corrected chi connectivity index (χ0v) is 11.9. The van der Waals surface area contributed by atoms with Crippen LogP contribution in [0.25, 0.3) is 22.9 Å². The van der Waals surface area contributed by atoms with Crippen molar-refractivity contribution in [1.82, 2.24) is 25.1 Å². The van der Waals surface area contributed by atoms with Crippen LogP contribution in [0.2, 0.25) is 5.15 Å². The van der Waals surface area contributed by atoms with E-state index in [4.69, 9.17) is 11.6 Å². The Balaban J connectivity index is 2.20. The van der Waals surface area contributed by atoms with Gasteiger partial charge in [0.25, 0.3) is 0 Å². The average Bonchev–Trinajstić information content (AvgIpc) is 2.97. The molecule has 2 aromatic heterocycles. The molecule has 7 heteroatoms. The van der Waals surface area contributed by atoms with E-state index >= 15 is 0 Å². The van der Waals surface area contributed by atoms with Crippen molar-refractivity contribution in [1.29, 1.82) is 0 Å². The number of benzene rings is 1. The molecular weight excluding hydrogens is 330 g/mol. The van der Waals surface area contributed by atoms with Gasteiger partial charge in [0, 0.05) is 5.56 Å². The summed E-state index contributed by atoms with van der Waals surface area (Å²) in [6.45, 7) is 0. The fourth-order valence-corrected chi connectivity index (χ4v) is 2.20. The molecule has 0 fully saturated rings. The summed E-state index contributed by atoms with van der Waals surface area (Å²) in [6.07, 6.45) is 1.40. The van der Waals surface area contributed by atoms with Crippen LogP contribution in [0.4, 0.5) is 0 Å². The lowest BCUT2D eigenvalue weighted by atomic mass is 10.1. The Kier molecular flexibility index (Phi) is 3.27. The molecule has 0 saturated heterocycles. The van der Waals surface area contributed by atoms with Gasteiger partial charge in [0.05, 0.1) is 10.2 Å². The third-order valence-corrected chi connectivity index (χ3v) is 3.74. The quantitative estimate of drug-likeness (QED) is 0.729. The van der Waals surface area contributed by atoms with Gasteiger partial charge in [-0.1, -0.05) is 41.9 Å². The number of aromatic amines is 1. The highest BCUT2D eigenvalue weighted by Crippen LogP contribution is 2.32. The Morgan fingerprint density at radius 1 is 1.11 bits per heavy atom. The highest BCUT2D eigenvalue weighted by Gasteiger charge is 2.14. The van der Waals surface area contributed by atoms with E-state index in [1.807, 2.05) is 30.3 Å². The largest absolute Gasteiger partial charge is 0.257 e. The Morgan fingerprint density at radius 2 is 1.89 bits per heavy atom. The Bertz CT molecular complexity index is 700. The topological polar surface area (TPSA) is 67.3 Å². The van der Waals surface area contributed by atoms with Crippen molar-refractivity contribution < 1.29 is 0 Å². The summed E-state index contributed by atoms with van der Waals surface area (Å²) in [5, 5.41) is 6.83. The molecule has 5 nitrogen and oxygen atoms in total. The van der Waals surface area contributed by atoms with Crippen molar-refractivity contribution in [2.45, 2.75) is 0 Å². The molecule has 0 radical (unpaired) electrons. The smallest absolute Gasteiger partial charge is 0.199 e. The van der Waals surface area contributed by atoms with Gasteiger partial charge >= 0.3 is 0 Å². The number of aromatic nitrogens is 5. The Morgan fingerprint density at radius 3 is 2.58 bits per heavy atom. The van der Waals surface area contributed by atoms with E-state index in [0.29, 0.717) is 27.0 Å². The van der Waals surface area contributed by atoms with Crippen LogP contribution in [0.15, 0.2) is 41.1 Å². The lowest BCUT2D eigenvalue weighted by Crippen LogP contribution is -1.96. The van der Waals surface area contributed by atoms with E-state index in [1.54, 1.807) is 0 Å². The first-order chi connectivity index (χ1) is 9.25. The van der Waals surface area contributed by atoms with Gasteiger partial charge in [-0.2, -0.15) is 5.10 Å². The van der Waals surface area contributed by atoms with Gasteiger partial charge in [-0.25, -0.2) is 15.0 Å². The second-order valence-corrected chi connectivity index (χ2v) is 4.85. The monoisotopic (exact) mass is 335 g/mol. The summed E-state index contributed by atoms with van der Waals surface area (Å²) < 4.78 is 0.656. The van der Waals surface area contributed by atoms with Crippen LogP contribution in [-0.4, -0.2) is 25.1 Å². The Hall–Kier alpha value is -1.79. The molecule has 0 bridgehead atoms. The SMILES string of the molecule is Clc1nc(-c2ncn[nH]2)nc(-c2ccccc2)c1Br. The normalized spacial score (nSPS) is 10.6. The van der Waals surface area contributed by atoms with Crippen LogP contribution in [0.1, 0.15) is 0 Å². The first kappa shape index (κ1) is 12.3. The lowest BCUT2D eigenvalue weighted by molar-refractivity contribution is 1.06. The molecule has 19 heavy (non-hydrogen) atoms. The van der Waals surface area contributed by atoms with Gasteiger partial charge in [0.2, 0.25) is 0 Å². The maximum absolute atomic E-state index is 6.13. The molecule has 3 aromatic rings. The van der Waals surface area contributed by atoms with Crippen molar-refractivity contribution in [2.24, 2.45) is 0 Å². The number of nitrogens with zero attached hydrogens (tertiary/aromatic N) is 4. The molecule has 0 aliphatic carbocycles. The zero-order chi connectivity index (χ0) is 13.2. The molecular formula is C12H7BrClN5. The van der Waals surface area contributed by atoms with Crippen molar-refractivity contribution in [2.75, 3.05) is 0 Å². The van der Waals surface area contributed by atoms with Gasteiger partial charge in [-0.15, -0.1) is 0 Å². The molecule has 0 unspecified atom stereocenters. The summed E-state index contributed by atoms with van der Waals surface area (Å²) in [5.74, 6) is 0.885. The minimum atomic E-state index is 0.334. The average molecular weight is 337 g/mol. The first-order valence-corrected chi connectivity index (χ1v) is 6.57. The standard InChI is InChI=1S/C12H7BrClN5/c13-8-9(7-4-2-1-3-5-7)17-12(18-10(8)14)11-15-6-16-19-11/h1-6H,(H,15,16,19). The number of hydrogen-bond acceptors (Lipinski definition) is 4. The highest BCUT2D eigenvalue weighted by atomic mass is 79.9. The van der Waals surface area contributed by atoms with E-state index in [0.717, 1.165) is 5.56 Å². The van der Waals surface area contributed by atoms with Crippen LogP contribution >= 0.6 is 27.5 Å². The van der Waals surface area contributed by atoms with Gasteiger partial charge < -0.3 is 0 Å². The van der Waals surface area contributed by atoms with Gasteiger partial charge in [0.15, 0.2) is 11.6 Å². The first-order valence-electron chi connectivity index (χ1n) is 5.40. The van der Waals surface area contributed by atoms with E-state index in [9.17, 15) is 0 Å². The number of nitrogens with one attached hydrogen (secondary N) is 1. The molecule has 0 amide bonds.